The predicted molar refractivity (Wildman–Crippen MR) is 88.0 cm³/mol. The molecule has 4 nitrogen and oxygen atoms in total. The summed E-state index contributed by atoms with van der Waals surface area (Å²) in [5.74, 6) is 0. The van der Waals surface area contributed by atoms with Crippen molar-refractivity contribution in [1.29, 1.82) is 0 Å². The first kappa shape index (κ1) is 14.6. The van der Waals surface area contributed by atoms with Crippen LogP contribution in [0.5, 0.6) is 0 Å². The van der Waals surface area contributed by atoms with Crippen LogP contribution in [0.25, 0.3) is 11.0 Å². The van der Waals surface area contributed by atoms with Crippen LogP contribution in [0.2, 0.25) is 0 Å². The van der Waals surface area contributed by atoms with E-state index in [1.165, 1.54) is 0 Å². The average Bonchev–Trinajstić information content (AvgIpc) is 2.84. The summed E-state index contributed by atoms with van der Waals surface area (Å²) in [6, 6.07) is 15.3. The second kappa shape index (κ2) is 5.81. The summed E-state index contributed by atoms with van der Waals surface area (Å²) in [6.45, 7) is 5.19. The molecule has 0 saturated carbocycles. The number of hydrogen-bond acceptors (Lipinski definition) is 2. The van der Waals surface area contributed by atoms with Crippen LogP contribution in [0, 0.1) is 0 Å². The fraction of sp³-hybridized carbons (Fsp3) is 0.278. The Morgan fingerprint density at radius 1 is 0.909 bits per heavy atom. The molecule has 3 rings (SSSR count). The van der Waals surface area contributed by atoms with Gasteiger partial charge in [-0.1, -0.05) is 36.4 Å². The Morgan fingerprint density at radius 2 is 1.55 bits per heavy atom. The average molecular weight is 296 g/mol. The molecule has 22 heavy (non-hydrogen) atoms. The van der Waals surface area contributed by atoms with Gasteiger partial charge < -0.3 is 5.11 Å². The van der Waals surface area contributed by atoms with Crippen molar-refractivity contribution < 1.29 is 5.11 Å². The van der Waals surface area contributed by atoms with Gasteiger partial charge in [-0.25, -0.2) is 4.79 Å². The molecule has 114 valence electrons. The first-order valence-electron chi connectivity index (χ1n) is 7.63. The van der Waals surface area contributed by atoms with Crippen LogP contribution < -0.4 is 5.69 Å². The Labute approximate surface area is 129 Å². The Morgan fingerprint density at radius 3 is 2.18 bits per heavy atom. The van der Waals surface area contributed by atoms with E-state index in [1.54, 1.807) is 9.13 Å². The molecule has 0 bridgehead atoms. The fourth-order valence-electron chi connectivity index (χ4n) is 2.95. The third kappa shape index (κ3) is 2.25. The molecule has 1 atom stereocenters. The van der Waals surface area contributed by atoms with Crippen LogP contribution >= 0.6 is 0 Å². The van der Waals surface area contributed by atoms with Crippen molar-refractivity contribution in [3.05, 3.63) is 70.1 Å². The zero-order valence-electron chi connectivity index (χ0n) is 12.9. The van der Waals surface area contributed by atoms with Crippen molar-refractivity contribution in [2.75, 3.05) is 0 Å². The van der Waals surface area contributed by atoms with Crippen LogP contribution in [0.1, 0.15) is 31.1 Å². The van der Waals surface area contributed by atoms with E-state index < -0.39 is 6.10 Å². The van der Waals surface area contributed by atoms with Gasteiger partial charge in [0.1, 0.15) is 6.10 Å². The molecule has 2 aromatic carbocycles. The van der Waals surface area contributed by atoms with E-state index in [1.807, 2.05) is 62.4 Å². The van der Waals surface area contributed by atoms with Crippen molar-refractivity contribution in [1.82, 2.24) is 9.13 Å². The quantitative estimate of drug-likeness (QED) is 0.804. The lowest BCUT2D eigenvalue weighted by Crippen LogP contribution is -2.23. The van der Waals surface area contributed by atoms with E-state index in [4.69, 9.17) is 0 Å². The smallest absolute Gasteiger partial charge is 0.329 e. The topological polar surface area (TPSA) is 47.2 Å². The lowest BCUT2D eigenvalue weighted by atomic mass is 10.0. The number of rotatable bonds is 4. The van der Waals surface area contributed by atoms with Crippen LogP contribution in [0.3, 0.4) is 0 Å². The molecule has 0 aliphatic rings. The summed E-state index contributed by atoms with van der Waals surface area (Å²) < 4.78 is 3.51. The molecule has 0 radical (unpaired) electrons. The number of aryl methyl sites for hydroxylation is 2. The highest BCUT2D eigenvalue weighted by Gasteiger charge is 2.15. The van der Waals surface area contributed by atoms with Gasteiger partial charge in [-0.2, -0.15) is 0 Å². The first-order valence-corrected chi connectivity index (χ1v) is 7.63. The van der Waals surface area contributed by atoms with Crippen molar-refractivity contribution in [2.24, 2.45) is 0 Å². The molecule has 1 heterocycles. The van der Waals surface area contributed by atoms with Gasteiger partial charge in [0.05, 0.1) is 11.0 Å². The molecule has 1 unspecified atom stereocenters. The van der Waals surface area contributed by atoms with Gasteiger partial charge in [0.2, 0.25) is 0 Å². The number of nitrogens with zero attached hydrogens (tertiary/aromatic N) is 2. The molecule has 1 N–H and O–H groups in total. The monoisotopic (exact) mass is 296 g/mol. The number of fused-ring (bicyclic) bond motifs is 1. The third-order valence-electron chi connectivity index (χ3n) is 4.11. The lowest BCUT2D eigenvalue weighted by Gasteiger charge is -2.12. The molecule has 0 aliphatic carbocycles. The minimum absolute atomic E-state index is 0.00588. The van der Waals surface area contributed by atoms with Crippen LogP contribution in [0.15, 0.2) is 53.3 Å². The molecule has 3 aromatic rings. The minimum Gasteiger partial charge on any atom is -0.384 e. The molecule has 1 aromatic heterocycles. The standard InChI is InChI=1S/C18H20N2O2/c1-3-19-15-11-10-14(12-16(15)20(4-2)18(19)22)17(21)13-8-6-5-7-9-13/h5-12,17,21H,3-4H2,1-2H3. The minimum atomic E-state index is -0.684. The maximum atomic E-state index is 12.4. The lowest BCUT2D eigenvalue weighted by molar-refractivity contribution is 0.220. The Bertz CT molecular complexity index is 847. The summed E-state index contributed by atoms with van der Waals surface area (Å²) in [7, 11) is 0. The number of imidazole rings is 1. The van der Waals surface area contributed by atoms with Crippen molar-refractivity contribution in [2.45, 2.75) is 33.0 Å². The Balaban J connectivity index is 2.16. The van der Waals surface area contributed by atoms with Gasteiger partial charge in [-0.05, 0) is 37.1 Å². The molecule has 0 saturated heterocycles. The van der Waals surface area contributed by atoms with Crippen molar-refractivity contribution >= 4 is 11.0 Å². The SMILES string of the molecule is CCn1c(=O)n(CC)c2cc(C(O)c3ccccc3)ccc21. The second-order valence-corrected chi connectivity index (χ2v) is 5.33. The molecule has 4 heteroatoms. The van der Waals surface area contributed by atoms with Crippen molar-refractivity contribution in [3.63, 3.8) is 0 Å². The van der Waals surface area contributed by atoms with E-state index in [2.05, 4.69) is 0 Å². The Kier molecular flexibility index (Phi) is 3.86. The van der Waals surface area contributed by atoms with Crippen LogP contribution in [-0.4, -0.2) is 14.2 Å². The first-order chi connectivity index (χ1) is 10.7. The summed E-state index contributed by atoms with van der Waals surface area (Å²) in [5.41, 5.74) is 3.45. The summed E-state index contributed by atoms with van der Waals surface area (Å²) in [5, 5.41) is 10.6. The van der Waals surface area contributed by atoms with Crippen molar-refractivity contribution in [3.8, 4) is 0 Å². The molecule has 0 spiro atoms. The number of hydrogen-bond donors (Lipinski definition) is 1. The highest BCUT2D eigenvalue weighted by Crippen LogP contribution is 2.25. The van der Waals surface area contributed by atoms with E-state index in [0.29, 0.717) is 13.1 Å². The third-order valence-corrected chi connectivity index (χ3v) is 4.11. The maximum absolute atomic E-state index is 12.4. The molecular weight excluding hydrogens is 276 g/mol. The maximum Gasteiger partial charge on any atom is 0.329 e. The summed E-state index contributed by atoms with van der Waals surface area (Å²) in [6.07, 6.45) is -0.684. The van der Waals surface area contributed by atoms with Gasteiger partial charge in [-0.15, -0.1) is 0 Å². The largest absolute Gasteiger partial charge is 0.384 e. The number of benzene rings is 2. The van der Waals surface area contributed by atoms with Gasteiger partial charge in [0.25, 0.3) is 0 Å². The van der Waals surface area contributed by atoms with Gasteiger partial charge in [0, 0.05) is 13.1 Å². The Hall–Kier alpha value is -2.33. The molecule has 0 aliphatic heterocycles. The summed E-state index contributed by atoms with van der Waals surface area (Å²) in [4.78, 5) is 12.4. The van der Waals surface area contributed by atoms with Crippen LogP contribution in [-0.2, 0) is 13.1 Å². The van der Waals surface area contributed by atoms with Crippen LogP contribution in [0.4, 0.5) is 0 Å². The number of aromatic nitrogens is 2. The van der Waals surface area contributed by atoms with Gasteiger partial charge >= 0.3 is 5.69 Å². The normalized spacial score (nSPS) is 12.7. The molecular formula is C18H20N2O2. The molecule has 0 fully saturated rings. The van der Waals surface area contributed by atoms with E-state index in [9.17, 15) is 9.90 Å². The second-order valence-electron chi connectivity index (χ2n) is 5.33. The highest BCUT2D eigenvalue weighted by atomic mass is 16.3. The molecule has 0 amide bonds. The van der Waals surface area contributed by atoms with E-state index >= 15 is 0 Å². The van der Waals surface area contributed by atoms with E-state index in [0.717, 1.165) is 22.2 Å². The fourth-order valence-corrected chi connectivity index (χ4v) is 2.95. The number of aliphatic hydroxyl groups is 1. The van der Waals surface area contributed by atoms with E-state index in [-0.39, 0.29) is 5.69 Å². The van der Waals surface area contributed by atoms with Gasteiger partial charge in [-0.3, -0.25) is 9.13 Å². The van der Waals surface area contributed by atoms with Gasteiger partial charge in [0.15, 0.2) is 0 Å². The number of aliphatic hydroxyl groups excluding tert-OH is 1. The zero-order valence-corrected chi connectivity index (χ0v) is 12.9. The summed E-state index contributed by atoms with van der Waals surface area (Å²) >= 11 is 0. The predicted octanol–water partition coefficient (Wildman–Crippen LogP) is 2.92. The zero-order chi connectivity index (χ0) is 15.7. The highest BCUT2D eigenvalue weighted by molar-refractivity contribution is 5.77.